The first kappa shape index (κ1) is 24.7. The second kappa shape index (κ2) is 10.9. The maximum absolute atomic E-state index is 13.8. The predicted octanol–water partition coefficient (Wildman–Crippen LogP) is 4.67. The number of methoxy groups -OCH3 is 1. The van der Waals surface area contributed by atoms with E-state index in [-0.39, 0.29) is 5.82 Å². The van der Waals surface area contributed by atoms with Gasteiger partial charge in [0.2, 0.25) is 0 Å². The van der Waals surface area contributed by atoms with Crippen LogP contribution in [0.2, 0.25) is 0 Å². The molecule has 11 heteroatoms. The molecule has 9 nitrogen and oxygen atoms in total. The molecule has 0 aliphatic carbocycles. The Balaban J connectivity index is 1.28. The molecule has 1 fully saturated rings. The standard InChI is InChI=1S/C25H26F2N6O3/c1-16-3-8-21(22(13-16)36-2)30-24(34)29-18-4-6-19(7-5-18)32-9-11-33(12-10-32)25(35)31-23-20(27)14-17(26)15-28-23/h3-8,13-15H,9-12H2,1-2H3,(H,28,31,35)(H2,29,30,34). The molecule has 3 N–H and O–H groups in total. The van der Waals surface area contributed by atoms with Crippen molar-refractivity contribution in [1.82, 2.24) is 9.88 Å². The molecule has 0 radical (unpaired) electrons. The van der Waals surface area contributed by atoms with Gasteiger partial charge >= 0.3 is 12.1 Å². The Bertz CT molecular complexity index is 1250. The van der Waals surface area contributed by atoms with E-state index in [2.05, 4.69) is 25.8 Å². The van der Waals surface area contributed by atoms with Crippen molar-refractivity contribution in [2.75, 3.05) is 54.1 Å². The maximum Gasteiger partial charge on any atom is 0.323 e. The van der Waals surface area contributed by atoms with E-state index in [1.54, 1.807) is 30.2 Å². The number of carbonyl (C=O) groups excluding carboxylic acids is 2. The minimum atomic E-state index is -0.928. The lowest BCUT2D eigenvalue weighted by Crippen LogP contribution is -2.50. The largest absolute Gasteiger partial charge is 0.495 e. The first-order valence-electron chi connectivity index (χ1n) is 11.3. The molecular formula is C25H26F2N6O3. The van der Waals surface area contributed by atoms with Crippen LogP contribution in [0.4, 0.5) is 41.2 Å². The molecule has 0 atom stereocenters. The average Bonchev–Trinajstić information content (AvgIpc) is 2.87. The smallest absolute Gasteiger partial charge is 0.323 e. The SMILES string of the molecule is COc1cc(C)ccc1NC(=O)Nc1ccc(N2CCN(C(=O)Nc3ncc(F)cc3F)CC2)cc1. The number of aromatic nitrogens is 1. The number of pyridine rings is 1. The van der Waals surface area contributed by atoms with Gasteiger partial charge in [-0.15, -0.1) is 0 Å². The van der Waals surface area contributed by atoms with E-state index in [0.29, 0.717) is 49.4 Å². The van der Waals surface area contributed by atoms with Gasteiger partial charge < -0.3 is 25.2 Å². The number of aryl methyl sites for hydroxylation is 1. The van der Waals surface area contributed by atoms with Gasteiger partial charge in [0.05, 0.1) is 19.0 Å². The van der Waals surface area contributed by atoms with Crippen LogP contribution in [0.25, 0.3) is 0 Å². The Labute approximate surface area is 207 Å². The fraction of sp³-hybridized carbons (Fsp3) is 0.240. The fourth-order valence-corrected chi connectivity index (χ4v) is 3.80. The van der Waals surface area contributed by atoms with Crippen LogP contribution < -0.4 is 25.6 Å². The normalized spacial score (nSPS) is 13.2. The average molecular weight is 497 g/mol. The van der Waals surface area contributed by atoms with Crippen LogP contribution in [0.3, 0.4) is 0 Å². The van der Waals surface area contributed by atoms with Crippen LogP contribution in [0.5, 0.6) is 5.75 Å². The number of ether oxygens (including phenoxy) is 1. The molecule has 4 rings (SSSR count). The summed E-state index contributed by atoms with van der Waals surface area (Å²) in [6.07, 6.45) is 0.845. The first-order valence-corrected chi connectivity index (χ1v) is 11.3. The quantitative estimate of drug-likeness (QED) is 0.477. The third kappa shape index (κ3) is 5.98. The van der Waals surface area contributed by atoms with Gasteiger partial charge in [0.15, 0.2) is 11.6 Å². The monoisotopic (exact) mass is 496 g/mol. The van der Waals surface area contributed by atoms with Crippen LogP contribution in [-0.2, 0) is 0 Å². The number of nitrogens with one attached hydrogen (secondary N) is 3. The topological polar surface area (TPSA) is 98.8 Å². The number of anilines is 4. The van der Waals surface area contributed by atoms with Crippen molar-refractivity contribution in [3.05, 3.63) is 71.9 Å². The first-order chi connectivity index (χ1) is 17.3. The van der Waals surface area contributed by atoms with Gasteiger partial charge in [-0.05, 0) is 48.9 Å². The minimum absolute atomic E-state index is 0.309. The molecule has 0 unspecified atom stereocenters. The van der Waals surface area contributed by atoms with Crippen molar-refractivity contribution in [3.63, 3.8) is 0 Å². The Kier molecular flexibility index (Phi) is 7.47. The van der Waals surface area contributed by atoms with Crippen LogP contribution in [0, 0.1) is 18.6 Å². The van der Waals surface area contributed by atoms with E-state index in [4.69, 9.17) is 4.74 Å². The lowest BCUT2D eigenvalue weighted by atomic mass is 10.2. The number of hydrogen-bond donors (Lipinski definition) is 3. The number of piperazine rings is 1. The van der Waals surface area contributed by atoms with Crippen LogP contribution in [-0.4, -0.2) is 55.2 Å². The summed E-state index contributed by atoms with van der Waals surface area (Å²) in [7, 11) is 1.55. The molecule has 2 heterocycles. The summed E-state index contributed by atoms with van der Waals surface area (Å²) >= 11 is 0. The van der Waals surface area contributed by atoms with Crippen molar-refractivity contribution in [2.45, 2.75) is 6.92 Å². The molecule has 1 aromatic heterocycles. The highest BCUT2D eigenvalue weighted by atomic mass is 19.1. The number of benzene rings is 2. The Morgan fingerprint density at radius 3 is 2.33 bits per heavy atom. The number of halogens is 2. The molecular weight excluding hydrogens is 470 g/mol. The molecule has 1 aliphatic rings. The van der Waals surface area contributed by atoms with Crippen molar-refractivity contribution < 1.29 is 23.1 Å². The second-order valence-corrected chi connectivity index (χ2v) is 8.22. The Morgan fingerprint density at radius 2 is 1.67 bits per heavy atom. The third-order valence-electron chi connectivity index (χ3n) is 5.70. The lowest BCUT2D eigenvalue weighted by Gasteiger charge is -2.36. The zero-order valence-corrected chi connectivity index (χ0v) is 19.8. The molecule has 1 saturated heterocycles. The van der Waals surface area contributed by atoms with Gasteiger partial charge in [-0.25, -0.2) is 23.4 Å². The molecule has 1 aliphatic heterocycles. The number of nitrogens with zero attached hydrogens (tertiary/aromatic N) is 3. The molecule has 2 aromatic carbocycles. The molecule has 36 heavy (non-hydrogen) atoms. The second-order valence-electron chi connectivity index (χ2n) is 8.22. The van der Waals surface area contributed by atoms with Crippen molar-refractivity contribution in [3.8, 4) is 5.75 Å². The van der Waals surface area contributed by atoms with Gasteiger partial charge in [0.1, 0.15) is 11.6 Å². The number of carbonyl (C=O) groups is 2. The third-order valence-corrected chi connectivity index (χ3v) is 5.70. The Morgan fingerprint density at radius 1 is 0.944 bits per heavy atom. The summed E-state index contributed by atoms with van der Waals surface area (Å²) in [6.45, 7) is 3.89. The van der Waals surface area contributed by atoms with Crippen LogP contribution in [0.15, 0.2) is 54.7 Å². The zero-order valence-electron chi connectivity index (χ0n) is 19.8. The van der Waals surface area contributed by atoms with E-state index in [0.717, 1.165) is 17.4 Å². The predicted molar refractivity (Wildman–Crippen MR) is 134 cm³/mol. The summed E-state index contributed by atoms with van der Waals surface area (Å²) in [5.41, 5.74) is 3.15. The number of rotatable bonds is 5. The number of amides is 4. The van der Waals surface area contributed by atoms with Crippen molar-refractivity contribution in [1.29, 1.82) is 0 Å². The van der Waals surface area contributed by atoms with E-state index in [9.17, 15) is 18.4 Å². The molecule has 0 saturated carbocycles. The van der Waals surface area contributed by atoms with E-state index in [1.165, 1.54) is 0 Å². The summed E-state index contributed by atoms with van der Waals surface area (Å²) in [5.74, 6) is -1.47. The van der Waals surface area contributed by atoms with E-state index in [1.807, 2.05) is 31.2 Å². The summed E-state index contributed by atoms with van der Waals surface area (Å²) in [5, 5.41) is 7.95. The summed E-state index contributed by atoms with van der Waals surface area (Å²) < 4.78 is 32.1. The molecule has 3 aromatic rings. The zero-order chi connectivity index (χ0) is 25.7. The van der Waals surface area contributed by atoms with Crippen LogP contribution >= 0.6 is 0 Å². The highest BCUT2D eigenvalue weighted by molar-refractivity contribution is 6.00. The van der Waals surface area contributed by atoms with Crippen LogP contribution in [0.1, 0.15) is 5.56 Å². The maximum atomic E-state index is 13.8. The number of hydrogen-bond acceptors (Lipinski definition) is 5. The van der Waals surface area contributed by atoms with Gasteiger partial charge in [-0.1, -0.05) is 6.07 Å². The fourth-order valence-electron chi connectivity index (χ4n) is 3.80. The minimum Gasteiger partial charge on any atom is -0.495 e. The van der Waals surface area contributed by atoms with Gasteiger partial charge in [0.25, 0.3) is 0 Å². The van der Waals surface area contributed by atoms with Gasteiger partial charge in [-0.2, -0.15) is 0 Å². The van der Waals surface area contributed by atoms with E-state index < -0.39 is 23.7 Å². The number of urea groups is 2. The van der Waals surface area contributed by atoms with Crippen molar-refractivity contribution >= 4 is 34.9 Å². The molecule has 0 bridgehead atoms. The van der Waals surface area contributed by atoms with Crippen molar-refractivity contribution in [2.24, 2.45) is 0 Å². The van der Waals surface area contributed by atoms with Gasteiger partial charge in [0, 0.05) is 43.6 Å². The molecule has 4 amide bonds. The lowest BCUT2D eigenvalue weighted by molar-refractivity contribution is 0.208. The van der Waals surface area contributed by atoms with Gasteiger partial charge in [-0.3, -0.25) is 5.32 Å². The molecule has 188 valence electrons. The summed E-state index contributed by atoms with van der Waals surface area (Å²) in [4.78, 5) is 32.1. The Hall–Kier alpha value is -4.41. The highest BCUT2D eigenvalue weighted by Gasteiger charge is 2.22. The van der Waals surface area contributed by atoms with E-state index >= 15 is 0 Å². The summed E-state index contributed by atoms with van der Waals surface area (Å²) in [6, 6.07) is 12.6. The highest BCUT2D eigenvalue weighted by Crippen LogP contribution is 2.26. The molecule has 0 spiro atoms.